The van der Waals surface area contributed by atoms with E-state index in [-0.39, 0.29) is 24.4 Å². The van der Waals surface area contributed by atoms with E-state index >= 15 is 0 Å². The van der Waals surface area contributed by atoms with Gasteiger partial charge in [-0.1, -0.05) is 268 Å². The maximum atomic E-state index is 6.13. The molecule has 0 heterocycles. The van der Waals surface area contributed by atoms with Gasteiger partial charge in [0.15, 0.2) is 0 Å². The van der Waals surface area contributed by atoms with Gasteiger partial charge in [0.25, 0.3) is 0 Å². The van der Waals surface area contributed by atoms with Gasteiger partial charge < -0.3 is 37.9 Å². The highest BCUT2D eigenvalue weighted by molar-refractivity contribution is 5.91. The Kier molecular flexibility index (Phi) is 40.8. The minimum atomic E-state index is 0.208. The summed E-state index contributed by atoms with van der Waals surface area (Å²) in [5.41, 5.74) is 14.1. The topological polar surface area (TPSA) is 73.8 Å². The van der Waals surface area contributed by atoms with Crippen molar-refractivity contribution in [2.45, 2.75) is 342 Å². The number of hydrogen-bond acceptors (Lipinski definition) is 8. The second kappa shape index (κ2) is 49.1. The molecule has 4 fully saturated rings. The maximum Gasteiger partial charge on any atom is 0.0800 e. The lowest BCUT2D eigenvalue weighted by Crippen LogP contribution is -2.25. The van der Waals surface area contributed by atoms with Gasteiger partial charge in [-0.05, 0) is 237 Å². The van der Waals surface area contributed by atoms with Crippen LogP contribution >= 0.6 is 0 Å². The van der Waals surface area contributed by atoms with Crippen molar-refractivity contribution in [1.29, 1.82) is 0 Å². The summed E-state index contributed by atoms with van der Waals surface area (Å²) in [4.78, 5) is 0. The van der Waals surface area contributed by atoms with Crippen molar-refractivity contribution in [3.8, 4) is 11.1 Å². The molecule has 8 heteroatoms. The van der Waals surface area contributed by atoms with Gasteiger partial charge in [-0.15, -0.1) is 0 Å². The normalized spacial score (nSPS) is 20.2. The van der Waals surface area contributed by atoms with E-state index in [2.05, 4.69) is 261 Å². The lowest BCUT2D eigenvalue weighted by atomic mass is 9.86. The summed E-state index contributed by atoms with van der Waals surface area (Å²) < 4.78 is 45.4. The van der Waals surface area contributed by atoms with Crippen molar-refractivity contribution in [1.82, 2.24) is 0 Å². The molecule has 7 aromatic carbocycles. The Bertz CT molecular complexity index is 3430. The van der Waals surface area contributed by atoms with Crippen molar-refractivity contribution in [3.05, 3.63) is 214 Å². The molecule has 0 bridgehead atoms. The van der Waals surface area contributed by atoms with E-state index in [1.165, 1.54) is 214 Å². The first-order valence-corrected chi connectivity index (χ1v) is 42.9. The zero-order valence-corrected chi connectivity index (χ0v) is 70.8. The molecule has 12 atom stereocenters. The lowest BCUT2D eigenvalue weighted by Gasteiger charge is -2.28. The van der Waals surface area contributed by atoms with Crippen LogP contribution in [0, 0.1) is 17.8 Å². The number of aryl methyl sites for hydroxylation is 1. The van der Waals surface area contributed by atoms with E-state index < -0.39 is 0 Å². The molecule has 7 aromatic rings. The first-order valence-electron chi connectivity index (χ1n) is 42.9. The van der Waals surface area contributed by atoms with Gasteiger partial charge in [0.2, 0.25) is 0 Å². The van der Waals surface area contributed by atoms with Gasteiger partial charge in [0.05, 0.1) is 73.2 Å². The minimum absolute atomic E-state index is 0.208. The Morgan fingerprint density at radius 2 is 0.796 bits per heavy atom. The van der Waals surface area contributed by atoms with Gasteiger partial charge >= 0.3 is 0 Å². The lowest BCUT2D eigenvalue weighted by molar-refractivity contribution is -0.0241. The standard InChI is InChI=1S/C16H16O.C16H24O.C15H16O.C14H20O.C13H18O.C11H22O.C8H16O.C7H16O/c1-11(17-2)16-14-9-5-3-7-12(14)13-8-4-6-10-15(13)16;1-4-7-12(2)17-13(3)15-11-10-14-8-5-6-9-16(14)15;1-10(16-2)14-9-12-7-3-5-11-6-4-8-13(14)15(11)12;1-12(13-8-4-2-5-9-13)15-14-10-6-3-7-11-14;1-11(12-7-3-2-4-8-12)14-13-9-5-6-10-13;1-9(2)12-10(3)11-7-5-4-6-8-11;1-7(9-2)8-5-3-4-6-8;1-5-6(2)7(3)8-4/h3-11,16H,1-2H3;5-6,8-9,12-13,15H,4,7,10-11H2,1-3H3;3-8,10,14H,9H2,1-2H3;2,4-5,8-9,12,14H,3,6-7,10-11H2,1H3;2-4,7-8,11,13H,5-6,9-10H2,1H3;9-11H,4-8H2,1-3H3;7-8H,3-6H2,1-2H3;6-7H,5H2,1-4H3. The Balaban J connectivity index is 0.000000174. The van der Waals surface area contributed by atoms with Gasteiger partial charge in [0, 0.05) is 46.2 Å². The summed E-state index contributed by atoms with van der Waals surface area (Å²) in [5.74, 6) is 3.88. The Morgan fingerprint density at radius 1 is 0.361 bits per heavy atom. The summed E-state index contributed by atoms with van der Waals surface area (Å²) >= 11 is 0. The first-order chi connectivity index (χ1) is 52.3. The Labute approximate surface area is 658 Å². The van der Waals surface area contributed by atoms with Crippen LogP contribution in [0.5, 0.6) is 0 Å². The summed E-state index contributed by atoms with van der Waals surface area (Å²) in [5, 5.41) is 2.82. The third-order valence-corrected chi connectivity index (χ3v) is 24.7. The average Bonchev–Trinajstić information content (AvgIpc) is 1.61. The summed E-state index contributed by atoms with van der Waals surface area (Å²) in [6, 6.07) is 60.3. The molecule has 14 rings (SSSR count). The van der Waals surface area contributed by atoms with Crippen LogP contribution in [0.25, 0.3) is 21.9 Å². The maximum absolute atomic E-state index is 6.13. The fourth-order valence-electron chi connectivity index (χ4n) is 17.4. The van der Waals surface area contributed by atoms with Crippen LogP contribution in [0.3, 0.4) is 0 Å². The second-order valence-electron chi connectivity index (χ2n) is 32.6. The van der Waals surface area contributed by atoms with E-state index in [0.717, 1.165) is 18.3 Å². The van der Waals surface area contributed by atoms with Crippen LogP contribution in [-0.4, -0.2) is 89.5 Å². The zero-order valence-electron chi connectivity index (χ0n) is 70.8. The van der Waals surface area contributed by atoms with Crippen LogP contribution in [0.1, 0.15) is 313 Å². The van der Waals surface area contributed by atoms with Crippen LogP contribution in [0.15, 0.2) is 170 Å². The van der Waals surface area contributed by atoms with Gasteiger partial charge in [-0.25, -0.2) is 0 Å². The quantitative estimate of drug-likeness (QED) is 0.0627. The molecule has 0 saturated heterocycles. The van der Waals surface area contributed by atoms with E-state index in [4.69, 9.17) is 37.9 Å². The van der Waals surface area contributed by atoms with Crippen LogP contribution in [-0.2, 0) is 50.7 Å². The Hall–Kier alpha value is -5.52. The van der Waals surface area contributed by atoms with Gasteiger partial charge in [-0.3, -0.25) is 0 Å². The minimum Gasteiger partial charge on any atom is -0.381 e. The molecule has 596 valence electrons. The predicted octanol–water partition coefficient (Wildman–Crippen LogP) is 27.1. The first kappa shape index (κ1) is 89.7. The zero-order chi connectivity index (χ0) is 77.7. The molecule has 0 N–H and O–H groups in total. The fourth-order valence-corrected chi connectivity index (χ4v) is 17.4. The number of fused-ring (bicyclic) bond motifs is 4. The summed E-state index contributed by atoms with van der Waals surface area (Å²) in [6.45, 7) is 30.4. The van der Waals surface area contributed by atoms with Gasteiger partial charge in [-0.2, -0.15) is 0 Å². The number of benzene rings is 7. The number of hydrogen-bond donors (Lipinski definition) is 0. The number of ether oxygens (including phenoxy) is 8. The molecule has 4 saturated carbocycles. The third kappa shape index (κ3) is 28.3. The molecule has 7 aliphatic rings. The van der Waals surface area contributed by atoms with Crippen molar-refractivity contribution < 1.29 is 37.9 Å². The summed E-state index contributed by atoms with van der Waals surface area (Å²) in [6.07, 6.45) is 36.0. The number of rotatable bonds is 23. The molecule has 108 heavy (non-hydrogen) atoms. The molecule has 7 aliphatic carbocycles. The molecule has 8 nitrogen and oxygen atoms in total. The predicted molar refractivity (Wildman–Crippen MR) is 457 cm³/mol. The van der Waals surface area contributed by atoms with Crippen molar-refractivity contribution in [2.75, 3.05) is 28.4 Å². The molecule has 0 aliphatic heterocycles. The van der Waals surface area contributed by atoms with E-state index in [1.54, 1.807) is 21.3 Å². The summed E-state index contributed by atoms with van der Waals surface area (Å²) in [7, 11) is 7.15. The smallest absolute Gasteiger partial charge is 0.0800 e. The van der Waals surface area contributed by atoms with Crippen LogP contribution in [0.2, 0.25) is 0 Å². The molecule has 12 unspecified atom stereocenters. The molecular formula is C100H148O8. The SMILES string of the molecule is CC(C)OC(C)C1CCCCC1.CC(OC1CCCC1)c1ccccc1.CC(OC1CCCCC1)c1ccccc1.CCC(C)C(C)OC.CCCC(C)OC(C)C1CCc2ccccc21.COC(C)C1CCCC1.COC(C)C1Cc2cccc3cccc1c23.COC(C)C1c2ccccc2-c2ccccc21. The van der Waals surface area contributed by atoms with Crippen molar-refractivity contribution in [2.24, 2.45) is 17.8 Å². The third-order valence-electron chi connectivity index (χ3n) is 24.7. The number of methoxy groups -OCH3 is 4. The van der Waals surface area contributed by atoms with E-state index in [1.807, 2.05) is 13.2 Å². The van der Waals surface area contributed by atoms with Crippen molar-refractivity contribution in [3.63, 3.8) is 0 Å². The Morgan fingerprint density at radius 3 is 1.28 bits per heavy atom. The molecule has 0 aromatic heterocycles. The average molecular weight is 1480 g/mol. The molecule has 0 amide bonds. The fraction of sp³-hybridized carbons (Fsp3) is 0.600. The van der Waals surface area contributed by atoms with Crippen LogP contribution < -0.4 is 0 Å². The highest BCUT2D eigenvalue weighted by atomic mass is 16.5. The largest absolute Gasteiger partial charge is 0.381 e. The highest BCUT2D eigenvalue weighted by Gasteiger charge is 2.33. The molecular weight excluding hydrogens is 1330 g/mol. The molecule has 0 spiro atoms. The van der Waals surface area contributed by atoms with Crippen LogP contribution in [0.4, 0.5) is 0 Å². The van der Waals surface area contributed by atoms with E-state index in [0.29, 0.717) is 72.5 Å². The highest BCUT2D eigenvalue weighted by Crippen LogP contribution is 2.47. The van der Waals surface area contributed by atoms with Crippen molar-refractivity contribution >= 4 is 10.8 Å². The molecule has 0 radical (unpaired) electrons. The monoisotopic (exact) mass is 1480 g/mol. The second-order valence-corrected chi connectivity index (χ2v) is 32.6. The van der Waals surface area contributed by atoms with Gasteiger partial charge in [0.1, 0.15) is 0 Å². The van der Waals surface area contributed by atoms with E-state index in [9.17, 15) is 0 Å².